The second-order valence-corrected chi connectivity index (χ2v) is 6.81. The summed E-state index contributed by atoms with van der Waals surface area (Å²) in [5.74, 6) is 0.248. The summed E-state index contributed by atoms with van der Waals surface area (Å²) in [4.78, 5) is 0. The maximum Gasteiger partial charge on any atom is 0.184 e. The summed E-state index contributed by atoms with van der Waals surface area (Å²) in [7, 11) is 0. The summed E-state index contributed by atoms with van der Waals surface area (Å²) in [6, 6.07) is 12.8. The molecule has 150 valence electrons. The third kappa shape index (κ3) is 3.83. The van der Waals surface area contributed by atoms with E-state index in [1.54, 1.807) is 24.3 Å². The monoisotopic (exact) mass is 390 g/mol. The Bertz CT molecular complexity index is 778. The minimum absolute atomic E-state index is 0.115. The largest absolute Gasteiger partial charge is 0.508 e. The zero-order valence-corrected chi connectivity index (χ0v) is 14.9. The van der Waals surface area contributed by atoms with E-state index in [4.69, 9.17) is 18.9 Å². The Labute approximate surface area is 161 Å². The molecule has 6 atom stereocenters. The first-order chi connectivity index (χ1) is 13.5. The van der Waals surface area contributed by atoms with Crippen LogP contribution in [0.4, 0.5) is 0 Å². The lowest BCUT2D eigenvalue weighted by atomic mass is 10.0. The molecule has 2 fully saturated rings. The van der Waals surface area contributed by atoms with E-state index in [0.717, 1.165) is 0 Å². The predicted molar refractivity (Wildman–Crippen MR) is 95.4 cm³/mol. The highest BCUT2D eigenvalue weighted by Gasteiger charge is 2.48. The number of benzene rings is 2. The Hall–Kier alpha value is -2.20. The van der Waals surface area contributed by atoms with Crippen LogP contribution in [0.15, 0.2) is 48.5 Å². The fourth-order valence-electron chi connectivity index (χ4n) is 3.37. The summed E-state index contributed by atoms with van der Waals surface area (Å²) in [6.07, 6.45) is -4.79. The van der Waals surface area contributed by atoms with E-state index in [0.29, 0.717) is 11.1 Å². The first kappa shape index (κ1) is 19.1. The fourth-order valence-corrected chi connectivity index (χ4v) is 3.37. The molecule has 2 saturated heterocycles. The van der Waals surface area contributed by atoms with Crippen molar-refractivity contribution in [2.45, 2.75) is 37.0 Å². The number of phenolic OH excluding ortho intramolecular Hbond substituents is 2. The van der Waals surface area contributed by atoms with Crippen LogP contribution < -0.4 is 0 Å². The molecule has 2 unspecified atom stereocenters. The molecule has 2 aliphatic rings. The molecule has 0 bridgehead atoms. The third-order valence-corrected chi connectivity index (χ3v) is 4.86. The highest BCUT2D eigenvalue weighted by Crippen LogP contribution is 2.39. The van der Waals surface area contributed by atoms with E-state index < -0.39 is 43.6 Å². The molecule has 8 nitrogen and oxygen atoms in total. The molecule has 0 spiro atoms. The maximum absolute atomic E-state index is 10.3. The summed E-state index contributed by atoms with van der Waals surface area (Å²) in [6.45, 7) is -0.358. The van der Waals surface area contributed by atoms with Gasteiger partial charge in [0.1, 0.15) is 35.9 Å². The van der Waals surface area contributed by atoms with Crippen LogP contribution in [0.3, 0.4) is 0 Å². The summed E-state index contributed by atoms with van der Waals surface area (Å²) in [5.41, 5.74) is 1.36. The van der Waals surface area contributed by atoms with Crippen LogP contribution in [-0.2, 0) is 18.9 Å². The van der Waals surface area contributed by atoms with Crippen molar-refractivity contribution in [2.24, 2.45) is 0 Å². The first-order valence-electron chi connectivity index (χ1n) is 9.00. The molecule has 4 rings (SSSR count). The van der Waals surface area contributed by atoms with Crippen molar-refractivity contribution in [3.63, 3.8) is 0 Å². The number of hydrogen-bond donors (Lipinski definition) is 4. The Balaban J connectivity index is 1.55. The number of aliphatic hydroxyl groups is 2. The van der Waals surface area contributed by atoms with E-state index in [-0.39, 0.29) is 18.1 Å². The van der Waals surface area contributed by atoms with Gasteiger partial charge in [0, 0.05) is 11.1 Å². The normalized spacial score (nSPS) is 31.1. The van der Waals surface area contributed by atoms with E-state index in [1.165, 1.54) is 24.3 Å². The molecule has 0 aliphatic carbocycles. The molecule has 0 saturated carbocycles. The number of aromatic hydroxyl groups is 2. The Morgan fingerprint density at radius 3 is 1.96 bits per heavy atom. The number of rotatable bonds is 4. The molecule has 8 heteroatoms. The molecule has 0 amide bonds. The van der Waals surface area contributed by atoms with Crippen LogP contribution in [0, 0.1) is 0 Å². The average molecular weight is 390 g/mol. The molecule has 28 heavy (non-hydrogen) atoms. The number of fused-ring (bicyclic) bond motifs is 1. The molecule has 2 aromatic carbocycles. The van der Waals surface area contributed by atoms with Crippen LogP contribution in [0.25, 0.3) is 0 Å². The van der Waals surface area contributed by atoms with Gasteiger partial charge in [0.2, 0.25) is 0 Å². The molecule has 0 aromatic heterocycles. The van der Waals surface area contributed by atoms with E-state index in [9.17, 15) is 20.4 Å². The van der Waals surface area contributed by atoms with Crippen LogP contribution in [0.5, 0.6) is 11.5 Å². The van der Waals surface area contributed by atoms with Crippen molar-refractivity contribution in [1.29, 1.82) is 0 Å². The lowest BCUT2D eigenvalue weighted by molar-refractivity contribution is -0.216. The molecule has 4 N–H and O–H groups in total. The van der Waals surface area contributed by atoms with Crippen molar-refractivity contribution in [3.05, 3.63) is 59.7 Å². The lowest BCUT2D eigenvalue weighted by Crippen LogP contribution is -2.45. The van der Waals surface area contributed by atoms with E-state index in [1.807, 2.05) is 0 Å². The second-order valence-electron chi connectivity index (χ2n) is 6.81. The summed E-state index contributed by atoms with van der Waals surface area (Å²) >= 11 is 0. The molecule has 0 radical (unpaired) electrons. The van der Waals surface area contributed by atoms with Crippen LogP contribution in [0.2, 0.25) is 0 Å². The molecule has 2 aliphatic heterocycles. The molecular weight excluding hydrogens is 368 g/mol. The predicted octanol–water partition coefficient (Wildman–Crippen LogP) is 1.35. The van der Waals surface area contributed by atoms with Gasteiger partial charge in [-0.3, -0.25) is 0 Å². The second kappa shape index (κ2) is 8.04. The van der Waals surface area contributed by atoms with Gasteiger partial charge in [-0.2, -0.15) is 0 Å². The molecule has 2 aromatic rings. The maximum atomic E-state index is 10.3. The standard InChI is InChI=1S/C20H22O8/c21-9-15(24)17-18-16(26-20(28-18)12-3-7-14(23)8-4-12)10-25-19(27-17)11-1-5-13(22)6-2-11/h1-8,15-24H,9-10H2/t15-,16+,17+,18+,19?,20?/m1/s1. The third-order valence-electron chi connectivity index (χ3n) is 4.86. The van der Waals surface area contributed by atoms with Gasteiger partial charge in [-0.15, -0.1) is 0 Å². The Kier molecular flexibility index (Phi) is 5.49. The van der Waals surface area contributed by atoms with Gasteiger partial charge in [0.15, 0.2) is 12.6 Å². The van der Waals surface area contributed by atoms with Crippen molar-refractivity contribution in [3.8, 4) is 11.5 Å². The van der Waals surface area contributed by atoms with Crippen molar-refractivity contribution in [2.75, 3.05) is 13.2 Å². The highest BCUT2D eigenvalue weighted by atomic mass is 16.8. The minimum atomic E-state index is -1.20. The zero-order valence-electron chi connectivity index (χ0n) is 14.9. The SMILES string of the molecule is OC[C@@H](O)[C@@H]1OC(c2ccc(O)cc2)OC[C@@H]2OC(c3ccc(O)cc3)O[C@H]12. The van der Waals surface area contributed by atoms with Crippen LogP contribution >= 0.6 is 0 Å². The van der Waals surface area contributed by atoms with Gasteiger partial charge < -0.3 is 39.4 Å². The van der Waals surface area contributed by atoms with E-state index >= 15 is 0 Å². The summed E-state index contributed by atoms with van der Waals surface area (Å²) in [5, 5.41) is 38.7. The van der Waals surface area contributed by atoms with Gasteiger partial charge in [0.25, 0.3) is 0 Å². The zero-order chi connectivity index (χ0) is 19.7. The van der Waals surface area contributed by atoms with Gasteiger partial charge in [0.05, 0.1) is 13.2 Å². The average Bonchev–Trinajstić information content (AvgIpc) is 3.05. The lowest BCUT2D eigenvalue weighted by Gasteiger charge is -2.28. The first-order valence-corrected chi connectivity index (χ1v) is 9.00. The van der Waals surface area contributed by atoms with Crippen molar-refractivity contribution >= 4 is 0 Å². The van der Waals surface area contributed by atoms with Gasteiger partial charge >= 0.3 is 0 Å². The van der Waals surface area contributed by atoms with Gasteiger partial charge in [-0.25, -0.2) is 0 Å². The van der Waals surface area contributed by atoms with Crippen molar-refractivity contribution in [1.82, 2.24) is 0 Å². The smallest absolute Gasteiger partial charge is 0.184 e. The van der Waals surface area contributed by atoms with Crippen LogP contribution in [0.1, 0.15) is 23.7 Å². The number of aliphatic hydroxyl groups excluding tert-OH is 2. The Morgan fingerprint density at radius 1 is 0.821 bits per heavy atom. The molecule has 2 heterocycles. The fraction of sp³-hybridized carbons (Fsp3) is 0.400. The topological polar surface area (TPSA) is 118 Å². The van der Waals surface area contributed by atoms with Crippen molar-refractivity contribution < 1.29 is 39.4 Å². The van der Waals surface area contributed by atoms with E-state index in [2.05, 4.69) is 0 Å². The summed E-state index contributed by atoms with van der Waals surface area (Å²) < 4.78 is 23.7. The number of ether oxygens (including phenoxy) is 4. The highest BCUT2D eigenvalue weighted by molar-refractivity contribution is 5.28. The number of hydrogen-bond acceptors (Lipinski definition) is 8. The molecular formula is C20H22O8. The van der Waals surface area contributed by atoms with Gasteiger partial charge in [-0.05, 0) is 24.3 Å². The quantitative estimate of drug-likeness (QED) is 0.618. The van der Waals surface area contributed by atoms with Crippen LogP contribution in [-0.4, -0.2) is 58.1 Å². The Morgan fingerprint density at radius 2 is 1.39 bits per heavy atom. The number of phenols is 2. The minimum Gasteiger partial charge on any atom is -0.508 e. The van der Waals surface area contributed by atoms with Gasteiger partial charge in [-0.1, -0.05) is 24.3 Å².